The number of carbonyl (C=O) groups is 1. The molecule has 2 aliphatic rings. The van der Waals surface area contributed by atoms with E-state index in [9.17, 15) is 13.2 Å². The monoisotopic (exact) mass is 488 g/mol. The maximum Gasteiger partial charge on any atom is 0.252 e. The predicted molar refractivity (Wildman–Crippen MR) is 120 cm³/mol. The molecule has 0 bridgehead atoms. The molecule has 2 saturated heterocycles. The van der Waals surface area contributed by atoms with E-state index in [-0.39, 0.29) is 35.1 Å². The number of anilines is 1. The summed E-state index contributed by atoms with van der Waals surface area (Å²) in [6.45, 7) is 0. The lowest BCUT2D eigenvalue weighted by Crippen LogP contribution is -2.38. The summed E-state index contributed by atoms with van der Waals surface area (Å²) in [5, 5.41) is 1.35. The van der Waals surface area contributed by atoms with Gasteiger partial charge < -0.3 is 4.90 Å². The predicted octanol–water partition coefficient (Wildman–Crippen LogP) is 4.49. The fraction of sp³-hybridized carbons (Fsp3) is 0.263. The Morgan fingerprint density at radius 3 is 2.55 bits per heavy atom. The number of halogens is 3. The second-order valence-electron chi connectivity index (χ2n) is 6.80. The van der Waals surface area contributed by atoms with E-state index in [1.165, 1.54) is 11.8 Å². The van der Waals surface area contributed by atoms with Crippen molar-refractivity contribution in [1.82, 2.24) is 0 Å². The Balaban J connectivity index is 1.70. The van der Waals surface area contributed by atoms with Crippen molar-refractivity contribution in [1.29, 1.82) is 0 Å². The second kappa shape index (κ2) is 8.12. The van der Waals surface area contributed by atoms with Crippen LogP contribution in [0, 0.1) is 0 Å². The van der Waals surface area contributed by atoms with E-state index in [1.807, 2.05) is 0 Å². The molecule has 2 aliphatic heterocycles. The molecule has 152 valence electrons. The van der Waals surface area contributed by atoms with Crippen LogP contribution in [0.25, 0.3) is 0 Å². The minimum Gasteiger partial charge on any atom is -0.314 e. The average Bonchev–Trinajstić information content (AvgIpc) is 3.10. The number of benzene rings is 2. The minimum atomic E-state index is -3.17. The van der Waals surface area contributed by atoms with Gasteiger partial charge in [0.2, 0.25) is 0 Å². The van der Waals surface area contributed by atoms with Crippen LogP contribution in [-0.4, -0.2) is 42.3 Å². The maximum atomic E-state index is 12.6. The maximum absolute atomic E-state index is 12.6. The number of thioether (sulfide) groups is 1. The van der Waals surface area contributed by atoms with Gasteiger partial charge >= 0.3 is 0 Å². The Bertz CT molecular complexity index is 1120. The molecule has 0 unspecified atom stereocenters. The molecule has 2 fully saturated rings. The largest absolute Gasteiger partial charge is 0.314 e. The van der Waals surface area contributed by atoms with Crippen LogP contribution in [0.2, 0.25) is 15.1 Å². The highest BCUT2D eigenvalue weighted by molar-refractivity contribution is 8.16. The molecule has 5 nitrogen and oxygen atoms in total. The summed E-state index contributed by atoms with van der Waals surface area (Å²) in [4.78, 5) is 18.7. The number of amides is 1. The fourth-order valence-electron chi connectivity index (χ4n) is 3.48. The van der Waals surface area contributed by atoms with Crippen LogP contribution in [0.15, 0.2) is 47.5 Å². The molecule has 1 amide bonds. The zero-order chi connectivity index (χ0) is 20.8. The Labute approximate surface area is 188 Å². The summed E-state index contributed by atoms with van der Waals surface area (Å²) >= 11 is 20.0. The molecule has 0 aliphatic carbocycles. The van der Waals surface area contributed by atoms with Crippen molar-refractivity contribution in [3.05, 3.63) is 63.1 Å². The van der Waals surface area contributed by atoms with Crippen molar-refractivity contribution in [2.45, 2.75) is 17.7 Å². The van der Waals surface area contributed by atoms with Gasteiger partial charge in [0.25, 0.3) is 5.91 Å². The molecule has 2 atom stereocenters. The van der Waals surface area contributed by atoms with Crippen LogP contribution in [0.1, 0.15) is 5.56 Å². The number of aliphatic imine (C=N–C) groups is 1. The first-order chi connectivity index (χ1) is 13.7. The summed E-state index contributed by atoms with van der Waals surface area (Å²) < 4.78 is 24.3. The van der Waals surface area contributed by atoms with Crippen LogP contribution in [0.4, 0.5) is 5.69 Å². The number of hydrogen-bond acceptors (Lipinski definition) is 4. The lowest BCUT2D eigenvalue weighted by Gasteiger charge is -2.25. The quantitative estimate of drug-likeness (QED) is 0.635. The van der Waals surface area contributed by atoms with Crippen LogP contribution < -0.4 is 4.90 Å². The number of amidine groups is 1. The van der Waals surface area contributed by atoms with Crippen molar-refractivity contribution in [3.63, 3.8) is 0 Å². The molecule has 2 heterocycles. The molecule has 29 heavy (non-hydrogen) atoms. The third-order valence-electron chi connectivity index (χ3n) is 4.78. The van der Waals surface area contributed by atoms with Gasteiger partial charge in [-0.15, -0.1) is 0 Å². The number of rotatable bonds is 3. The molecule has 10 heteroatoms. The van der Waals surface area contributed by atoms with E-state index in [2.05, 4.69) is 4.99 Å². The smallest absolute Gasteiger partial charge is 0.252 e. The van der Waals surface area contributed by atoms with Crippen LogP contribution in [0.3, 0.4) is 0 Å². The van der Waals surface area contributed by atoms with Crippen LogP contribution in [-0.2, 0) is 21.1 Å². The van der Waals surface area contributed by atoms with Crippen molar-refractivity contribution >= 4 is 73.2 Å². The van der Waals surface area contributed by atoms with Crippen LogP contribution >= 0.6 is 46.6 Å². The third kappa shape index (κ3) is 4.30. The number of carbonyl (C=O) groups excluding carboxylic acids is 1. The summed E-state index contributed by atoms with van der Waals surface area (Å²) in [6.07, 6.45) is 0.0501. The van der Waals surface area contributed by atoms with E-state index < -0.39 is 9.84 Å². The number of sulfone groups is 1. The zero-order valence-corrected chi connectivity index (χ0v) is 18.8. The van der Waals surface area contributed by atoms with Gasteiger partial charge in [0.15, 0.2) is 15.0 Å². The first-order valence-electron chi connectivity index (χ1n) is 8.70. The summed E-state index contributed by atoms with van der Waals surface area (Å²) in [6, 6.07) is 11.9. The number of nitrogens with zero attached hydrogens (tertiary/aromatic N) is 2. The van der Waals surface area contributed by atoms with Gasteiger partial charge in [-0.25, -0.2) is 8.42 Å². The molecular formula is C19H15Cl3N2O3S2. The van der Waals surface area contributed by atoms with Crippen molar-refractivity contribution in [2.75, 3.05) is 16.4 Å². The summed E-state index contributed by atoms with van der Waals surface area (Å²) in [5.41, 5.74) is 1.22. The standard InChI is InChI=1S/C19H15Cl3N2O3S2/c20-12-5-2-1-4-11(12)8-17(25)23-19-24(14-7-3-6-13(21)18(14)22)15-9-29(26,27)10-16(15)28-19/h1-7,15-16H,8-10H2/t15-,16+/m0/s1. The Hall–Kier alpha value is -1.25. The first kappa shape index (κ1) is 21.0. The summed E-state index contributed by atoms with van der Waals surface area (Å²) in [7, 11) is -3.17. The highest BCUT2D eigenvalue weighted by atomic mass is 35.5. The van der Waals surface area contributed by atoms with Crippen molar-refractivity contribution in [2.24, 2.45) is 4.99 Å². The molecular weight excluding hydrogens is 475 g/mol. The lowest BCUT2D eigenvalue weighted by atomic mass is 10.1. The summed E-state index contributed by atoms with van der Waals surface area (Å²) in [5.74, 6) is -0.355. The Morgan fingerprint density at radius 1 is 1.07 bits per heavy atom. The van der Waals surface area contributed by atoms with E-state index in [4.69, 9.17) is 34.8 Å². The van der Waals surface area contributed by atoms with Gasteiger partial charge in [0, 0.05) is 10.3 Å². The first-order valence-corrected chi connectivity index (χ1v) is 12.5. The van der Waals surface area contributed by atoms with Gasteiger partial charge in [0.05, 0.1) is 39.7 Å². The van der Waals surface area contributed by atoms with E-state index in [0.717, 1.165) is 0 Å². The third-order valence-corrected chi connectivity index (χ3v) is 9.16. The normalized spacial score (nSPS) is 24.1. The minimum absolute atomic E-state index is 0.0226. The zero-order valence-electron chi connectivity index (χ0n) is 14.9. The van der Waals surface area contributed by atoms with Gasteiger partial charge in [-0.05, 0) is 23.8 Å². The van der Waals surface area contributed by atoms with Gasteiger partial charge in [-0.2, -0.15) is 4.99 Å². The molecule has 0 aromatic heterocycles. The second-order valence-corrected chi connectivity index (χ2v) is 11.4. The highest BCUT2D eigenvalue weighted by Gasteiger charge is 2.49. The molecule has 0 N–H and O–H groups in total. The molecule has 2 aromatic rings. The molecule has 0 spiro atoms. The van der Waals surface area contributed by atoms with E-state index in [1.54, 1.807) is 47.4 Å². The Morgan fingerprint density at radius 2 is 1.79 bits per heavy atom. The molecule has 2 aromatic carbocycles. The SMILES string of the molecule is O=C(Cc1ccccc1Cl)N=C1S[C@@H]2CS(=O)(=O)C[C@@H]2N1c1cccc(Cl)c1Cl. The van der Waals surface area contributed by atoms with Crippen molar-refractivity contribution < 1.29 is 13.2 Å². The van der Waals surface area contributed by atoms with Gasteiger partial charge in [0.1, 0.15) is 0 Å². The lowest BCUT2D eigenvalue weighted by molar-refractivity contribution is -0.117. The van der Waals surface area contributed by atoms with Crippen LogP contribution in [0.5, 0.6) is 0 Å². The average molecular weight is 490 g/mol. The molecule has 0 radical (unpaired) electrons. The highest BCUT2D eigenvalue weighted by Crippen LogP contribution is 2.44. The molecule has 4 rings (SSSR count). The fourth-order valence-corrected chi connectivity index (χ4v) is 7.99. The number of hydrogen-bond donors (Lipinski definition) is 0. The Kier molecular flexibility index (Phi) is 5.88. The van der Waals surface area contributed by atoms with Crippen molar-refractivity contribution in [3.8, 4) is 0 Å². The topological polar surface area (TPSA) is 66.8 Å². The van der Waals surface area contributed by atoms with E-state index >= 15 is 0 Å². The van der Waals surface area contributed by atoms with Gasteiger partial charge in [-0.1, -0.05) is 70.8 Å². The van der Waals surface area contributed by atoms with E-state index in [0.29, 0.717) is 31.5 Å². The van der Waals surface area contributed by atoms with Gasteiger partial charge in [-0.3, -0.25) is 4.79 Å². The molecule has 0 saturated carbocycles. The number of fused-ring (bicyclic) bond motifs is 1.